The van der Waals surface area contributed by atoms with Crippen LogP contribution in [0, 0.1) is 0 Å². The minimum absolute atomic E-state index is 0.487. The molecule has 19 heavy (non-hydrogen) atoms. The number of thiazole rings is 1. The molecule has 1 unspecified atom stereocenters. The van der Waals surface area contributed by atoms with Crippen molar-refractivity contribution < 1.29 is 0 Å². The molecule has 0 bridgehead atoms. The highest BCUT2D eigenvalue weighted by Gasteiger charge is 2.18. The summed E-state index contributed by atoms with van der Waals surface area (Å²) in [7, 11) is 0. The highest BCUT2D eigenvalue weighted by molar-refractivity contribution is 9.10. The van der Waals surface area contributed by atoms with E-state index >= 15 is 0 Å². The van der Waals surface area contributed by atoms with Gasteiger partial charge in [0.1, 0.15) is 5.01 Å². The number of rotatable bonds is 4. The summed E-state index contributed by atoms with van der Waals surface area (Å²) in [5.41, 5.74) is 1.23. The summed E-state index contributed by atoms with van der Waals surface area (Å²) in [5, 5.41) is 6.92. The summed E-state index contributed by atoms with van der Waals surface area (Å²) in [6, 6.07) is 8.90. The summed E-state index contributed by atoms with van der Waals surface area (Å²) >= 11 is 7.12. The number of benzene rings is 1. The Balaban J connectivity index is 1.61. The van der Waals surface area contributed by atoms with Gasteiger partial charge < -0.3 is 5.32 Å². The van der Waals surface area contributed by atoms with Gasteiger partial charge in [-0.15, -0.1) is 23.1 Å². The van der Waals surface area contributed by atoms with Crippen molar-refractivity contribution in [2.24, 2.45) is 0 Å². The maximum absolute atomic E-state index is 4.75. The molecule has 1 fully saturated rings. The number of aromatic nitrogens is 1. The number of nitrogens with zero attached hydrogens (tertiary/aromatic N) is 1. The summed E-state index contributed by atoms with van der Waals surface area (Å²) in [6.07, 6.45) is 2.49. The minimum atomic E-state index is 0.487. The second-order valence-electron chi connectivity index (χ2n) is 4.56. The van der Waals surface area contributed by atoms with Crippen LogP contribution in [0.2, 0.25) is 0 Å². The van der Waals surface area contributed by atoms with Crippen LogP contribution in [0.15, 0.2) is 39.0 Å². The maximum atomic E-state index is 4.75. The minimum Gasteiger partial charge on any atom is -0.309 e. The van der Waals surface area contributed by atoms with Crippen LogP contribution in [0.1, 0.15) is 29.6 Å². The molecule has 100 valence electrons. The van der Waals surface area contributed by atoms with Crippen LogP contribution in [0.5, 0.6) is 0 Å². The first-order valence-electron chi connectivity index (χ1n) is 6.37. The summed E-state index contributed by atoms with van der Waals surface area (Å²) < 4.78 is 1.13. The number of hydrogen-bond donors (Lipinski definition) is 1. The molecular weight excluding hydrogens is 340 g/mol. The van der Waals surface area contributed by atoms with E-state index in [4.69, 9.17) is 4.98 Å². The van der Waals surface area contributed by atoms with Crippen molar-refractivity contribution in [3.8, 4) is 0 Å². The summed E-state index contributed by atoms with van der Waals surface area (Å²) in [4.78, 5) is 6.04. The average molecular weight is 355 g/mol. The molecule has 1 aromatic carbocycles. The molecule has 0 amide bonds. The topological polar surface area (TPSA) is 24.9 Å². The molecule has 3 rings (SSSR count). The Morgan fingerprint density at radius 1 is 1.47 bits per heavy atom. The van der Waals surface area contributed by atoms with Gasteiger partial charge in [-0.05, 0) is 37.6 Å². The summed E-state index contributed by atoms with van der Waals surface area (Å²) in [6.45, 7) is 1.13. The van der Waals surface area contributed by atoms with Crippen LogP contribution in [0.25, 0.3) is 0 Å². The fourth-order valence-corrected chi connectivity index (χ4v) is 4.56. The smallest absolute Gasteiger partial charge is 0.103 e. The maximum Gasteiger partial charge on any atom is 0.103 e. The quantitative estimate of drug-likeness (QED) is 0.810. The van der Waals surface area contributed by atoms with E-state index in [1.54, 1.807) is 11.3 Å². The monoisotopic (exact) mass is 354 g/mol. The molecule has 1 saturated heterocycles. The van der Waals surface area contributed by atoms with Crippen molar-refractivity contribution in [3.63, 3.8) is 0 Å². The Morgan fingerprint density at radius 3 is 3.21 bits per heavy atom. The van der Waals surface area contributed by atoms with Gasteiger partial charge in [0.2, 0.25) is 0 Å². The van der Waals surface area contributed by atoms with E-state index in [0.29, 0.717) is 6.04 Å². The van der Waals surface area contributed by atoms with Crippen molar-refractivity contribution in [2.75, 3.05) is 6.54 Å². The van der Waals surface area contributed by atoms with E-state index < -0.39 is 0 Å². The molecule has 0 spiro atoms. The number of halogens is 1. The molecule has 0 saturated carbocycles. The zero-order valence-electron chi connectivity index (χ0n) is 10.4. The third-order valence-electron chi connectivity index (χ3n) is 3.15. The normalized spacial score (nSPS) is 18.9. The van der Waals surface area contributed by atoms with E-state index in [0.717, 1.165) is 16.8 Å². The Hall–Kier alpha value is -0.360. The molecule has 1 aliphatic rings. The fourth-order valence-electron chi connectivity index (χ4n) is 2.19. The van der Waals surface area contributed by atoms with E-state index in [-0.39, 0.29) is 0 Å². The Morgan fingerprint density at radius 2 is 2.42 bits per heavy atom. The van der Waals surface area contributed by atoms with Crippen LogP contribution in [-0.4, -0.2) is 11.5 Å². The zero-order valence-corrected chi connectivity index (χ0v) is 13.7. The lowest BCUT2D eigenvalue weighted by atomic mass is 10.2. The first kappa shape index (κ1) is 13.6. The SMILES string of the molecule is Brc1cccc(SCc2nc(C3CCCN3)cs2)c1. The van der Waals surface area contributed by atoms with Crippen molar-refractivity contribution in [1.82, 2.24) is 10.3 Å². The molecule has 1 N–H and O–H groups in total. The molecule has 2 heterocycles. The van der Waals surface area contributed by atoms with Gasteiger partial charge in [-0.25, -0.2) is 4.98 Å². The lowest BCUT2D eigenvalue weighted by molar-refractivity contribution is 0.630. The molecule has 2 aromatic rings. The predicted octanol–water partition coefficient (Wildman–Crippen LogP) is 4.62. The number of thioether (sulfide) groups is 1. The first-order chi connectivity index (χ1) is 9.31. The third kappa shape index (κ3) is 3.60. The van der Waals surface area contributed by atoms with E-state index in [9.17, 15) is 0 Å². The largest absolute Gasteiger partial charge is 0.309 e. The second-order valence-corrected chi connectivity index (χ2v) is 7.47. The third-order valence-corrected chi connectivity index (χ3v) is 5.69. The van der Waals surface area contributed by atoms with Gasteiger partial charge in [0, 0.05) is 14.7 Å². The van der Waals surface area contributed by atoms with Crippen LogP contribution in [0.3, 0.4) is 0 Å². The van der Waals surface area contributed by atoms with Gasteiger partial charge in [0.05, 0.1) is 17.5 Å². The van der Waals surface area contributed by atoms with Gasteiger partial charge in [-0.3, -0.25) is 0 Å². The standard InChI is InChI=1S/C14H15BrN2S2/c15-10-3-1-4-11(7-10)18-9-14-17-13(8-19-14)12-5-2-6-16-12/h1,3-4,7-8,12,16H,2,5-6,9H2. The average Bonchev–Trinajstić information content (AvgIpc) is 3.07. The Kier molecular flexibility index (Phi) is 4.58. The Bertz CT molecular complexity index is 550. The van der Waals surface area contributed by atoms with Gasteiger partial charge in [-0.1, -0.05) is 22.0 Å². The van der Waals surface area contributed by atoms with E-state index in [1.165, 1.54) is 28.4 Å². The molecule has 0 aliphatic carbocycles. The molecular formula is C14H15BrN2S2. The summed E-state index contributed by atoms with van der Waals surface area (Å²) in [5.74, 6) is 0.952. The van der Waals surface area contributed by atoms with Gasteiger partial charge >= 0.3 is 0 Å². The van der Waals surface area contributed by atoms with Crippen molar-refractivity contribution in [2.45, 2.75) is 29.5 Å². The van der Waals surface area contributed by atoms with E-state index in [1.807, 2.05) is 11.8 Å². The number of hydrogen-bond acceptors (Lipinski definition) is 4. The van der Waals surface area contributed by atoms with Gasteiger partial charge in [-0.2, -0.15) is 0 Å². The molecule has 0 radical (unpaired) electrons. The van der Waals surface area contributed by atoms with Crippen molar-refractivity contribution in [1.29, 1.82) is 0 Å². The zero-order chi connectivity index (χ0) is 13.1. The number of nitrogens with one attached hydrogen (secondary N) is 1. The first-order valence-corrected chi connectivity index (χ1v) is 9.03. The molecule has 1 aliphatic heterocycles. The van der Waals surface area contributed by atoms with E-state index in [2.05, 4.69) is 50.9 Å². The lowest BCUT2D eigenvalue weighted by Crippen LogP contribution is -2.13. The van der Waals surface area contributed by atoms with Crippen molar-refractivity contribution in [3.05, 3.63) is 44.8 Å². The lowest BCUT2D eigenvalue weighted by Gasteiger charge is -2.05. The molecule has 1 aromatic heterocycles. The van der Waals surface area contributed by atoms with Crippen LogP contribution >= 0.6 is 39.0 Å². The molecule has 2 nitrogen and oxygen atoms in total. The second kappa shape index (κ2) is 6.39. The molecule has 1 atom stereocenters. The highest BCUT2D eigenvalue weighted by atomic mass is 79.9. The highest BCUT2D eigenvalue weighted by Crippen LogP contribution is 2.29. The fraction of sp³-hybridized carbons (Fsp3) is 0.357. The van der Waals surface area contributed by atoms with Crippen LogP contribution in [-0.2, 0) is 5.75 Å². The van der Waals surface area contributed by atoms with Crippen LogP contribution < -0.4 is 5.32 Å². The van der Waals surface area contributed by atoms with Gasteiger partial charge in [0.15, 0.2) is 0 Å². The van der Waals surface area contributed by atoms with Crippen LogP contribution in [0.4, 0.5) is 0 Å². The molecule has 5 heteroatoms. The predicted molar refractivity (Wildman–Crippen MR) is 85.8 cm³/mol. The Labute approximate surface area is 130 Å². The van der Waals surface area contributed by atoms with Crippen molar-refractivity contribution >= 4 is 39.0 Å². The van der Waals surface area contributed by atoms with Gasteiger partial charge in [0.25, 0.3) is 0 Å².